The Labute approximate surface area is 95.7 Å². The van der Waals surface area contributed by atoms with E-state index in [-0.39, 0.29) is 5.43 Å². The first-order chi connectivity index (χ1) is 8.08. The Bertz CT molecular complexity index is 801. The lowest BCUT2D eigenvalue weighted by Crippen LogP contribution is -2.09. The lowest BCUT2D eigenvalue weighted by molar-refractivity contribution is 0.628. The minimum atomic E-state index is -0.401. The van der Waals surface area contributed by atoms with Crippen molar-refractivity contribution in [3.05, 3.63) is 39.9 Å². The number of aromatic nitrogens is 3. The molecule has 4 nitrogen and oxygen atoms in total. The van der Waals surface area contributed by atoms with Gasteiger partial charge in [0.05, 0.1) is 22.6 Å². The smallest absolute Gasteiger partial charge is 0.215 e. The Hall–Kier alpha value is -2.17. The van der Waals surface area contributed by atoms with E-state index in [1.165, 1.54) is 16.8 Å². The zero-order valence-corrected chi connectivity index (χ0v) is 9.41. The van der Waals surface area contributed by atoms with E-state index in [1.54, 1.807) is 20.2 Å². The van der Waals surface area contributed by atoms with Crippen LogP contribution in [0.5, 0.6) is 0 Å². The average molecular weight is 231 g/mol. The maximum Gasteiger partial charge on any atom is 0.215 e. The fourth-order valence-corrected chi connectivity index (χ4v) is 2.15. The SMILES string of the molecule is Cc1cc(F)cc2c(=O)c3c(cnn3C)[nH]c12. The van der Waals surface area contributed by atoms with E-state index in [0.29, 0.717) is 27.5 Å². The number of halogens is 1. The average Bonchev–Trinajstić information content (AvgIpc) is 2.63. The second-order valence-corrected chi connectivity index (χ2v) is 4.13. The Kier molecular flexibility index (Phi) is 1.86. The fourth-order valence-electron chi connectivity index (χ4n) is 2.15. The second-order valence-electron chi connectivity index (χ2n) is 4.13. The molecular weight excluding hydrogens is 221 g/mol. The van der Waals surface area contributed by atoms with Crippen molar-refractivity contribution in [3.8, 4) is 0 Å². The van der Waals surface area contributed by atoms with Crippen molar-refractivity contribution in [1.29, 1.82) is 0 Å². The van der Waals surface area contributed by atoms with Gasteiger partial charge in [-0.25, -0.2) is 4.39 Å². The summed E-state index contributed by atoms with van der Waals surface area (Å²) in [5.41, 5.74) is 2.30. The van der Waals surface area contributed by atoms with Crippen LogP contribution in [0.2, 0.25) is 0 Å². The zero-order valence-electron chi connectivity index (χ0n) is 9.41. The quantitative estimate of drug-likeness (QED) is 0.642. The minimum Gasteiger partial charge on any atom is -0.352 e. The first-order valence-electron chi connectivity index (χ1n) is 5.22. The maximum atomic E-state index is 13.3. The van der Waals surface area contributed by atoms with Crippen LogP contribution in [0.15, 0.2) is 23.1 Å². The van der Waals surface area contributed by atoms with Crippen LogP contribution in [-0.4, -0.2) is 14.8 Å². The van der Waals surface area contributed by atoms with Crippen LogP contribution in [-0.2, 0) is 7.05 Å². The van der Waals surface area contributed by atoms with Crippen LogP contribution in [0.4, 0.5) is 4.39 Å². The van der Waals surface area contributed by atoms with Crippen LogP contribution in [0.25, 0.3) is 21.9 Å². The van der Waals surface area contributed by atoms with Gasteiger partial charge in [-0.05, 0) is 24.6 Å². The second kappa shape index (κ2) is 3.16. The van der Waals surface area contributed by atoms with Gasteiger partial charge in [0.1, 0.15) is 11.3 Å². The van der Waals surface area contributed by atoms with E-state index in [0.717, 1.165) is 0 Å². The van der Waals surface area contributed by atoms with Gasteiger partial charge in [-0.15, -0.1) is 0 Å². The third-order valence-electron chi connectivity index (χ3n) is 2.96. The van der Waals surface area contributed by atoms with E-state index in [2.05, 4.69) is 10.1 Å². The van der Waals surface area contributed by atoms with Gasteiger partial charge in [-0.1, -0.05) is 0 Å². The number of nitrogens with zero attached hydrogens (tertiary/aromatic N) is 2. The molecule has 3 rings (SSSR count). The summed E-state index contributed by atoms with van der Waals surface area (Å²) in [4.78, 5) is 15.3. The normalized spacial score (nSPS) is 11.5. The van der Waals surface area contributed by atoms with Crippen molar-refractivity contribution >= 4 is 21.9 Å². The van der Waals surface area contributed by atoms with Crippen LogP contribution in [0.1, 0.15) is 5.56 Å². The molecule has 0 aliphatic carbocycles. The molecule has 0 unspecified atom stereocenters. The molecule has 86 valence electrons. The number of aryl methyl sites for hydroxylation is 2. The number of pyridine rings is 1. The molecule has 2 aromatic heterocycles. The van der Waals surface area contributed by atoms with Crippen LogP contribution in [0, 0.1) is 12.7 Å². The number of H-pyrrole nitrogens is 1. The van der Waals surface area contributed by atoms with Crippen LogP contribution >= 0.6 is 0 Å². The molecule has 3 aromatic rings. The van der Waals surface area contributed by atoms with Crippen LogP contribution < -0.4 is 5.43 Å². The molecule has 0 fully saturated rings. The molecule has 0 aliphatic rings. The van der Waals surface area contributed by atoms with Crippen molar-refractivity contribution in [2.24, 2.45) is 7.05 Å². The molecule has 0 bridgehead atoms. The van der Waals surface area contributed by atoms with E-state index < -0.39 is 5.82 Å². The van der Waals surface area contributed by atoms with E-state index >= 15 is 0 Å². The molecule has 0 spiro atoms. The summed E-state index contributed by atoms with van der Waals surface area (Å²) < 4.78 is 14.8. The fraction of sp³-hybridized carbons (Fsp3) is 0.167. The lowest BCUT2D eigenvalue weighted by Gasteiger charge is -2.03. The van der Waals surface area contributed by atoms with Gasteiger partial charge in [-0.2, -0.15) is 5.10 Å². The summed E-state index contributed by atoms with van der Waals surface area (Å²) in [5, 5.41) is 4.38. The van der Waals surface area contributed by atoms with E-state index in [9.17, 15) is 9.18 Å². The van der Waals surface area contributed by atoms with Gasteiger partial charge < -0.3 is 4.98 Å². The van der Waals surface area contributed by atoms with E-state index in [1.807, 2.05) is 0 Å². The minimum absolute atomic E-state index is 0.198. The van der Waals surface area contributed by atoms with E-state index in [4.69, 9.17) is 0 Å². The number of aromatic amines is 1. The van der Waals surface area contributed by atoms with Gasteiger partial charge >= 0.3 is 0 Å². The van der Waals surface area contributed by atoms with Crippen molar-refractivity contribution in [2.75, 3.05) is 0 Å². The van der Waals surface area contributed by atoms with Gasteiger partial charge in [0, 0.05) is 7.05 Å². The van der Waals surface area contributed by atoms with Gasteiger partial charge in [0.25, 0.3) is 0 Å². The Morgan fingerprint density at radius 3 is 2.94 bits per heavy atom. The summed E-state index contributed by atoms with van der Waals surface area (Å²) in [6, 6.07) is 2.66. The number of benzene rings is 1. The molecule has 0 radical (unpaired) electrons. The summed E-state index contributed by atoms with van der Waals surface area (Å²) in [6.07, 6.45) is 1.60. The molecule has 1 aromatic carbocycles. The molecule has 5 heteroatoms. The van der Waals surface area contributed by atoms with Gasteiger partial charge in [0.15, 0.2) is 0 Å². The third kappa shape index (κ3) is 1.28. The highest BCUT2D eigenvalue weighted by Crippen LogP contribution is 2.18. The van der Waals surface area contributed by atoms with Gasteiger partial charge in [0.2, 0.25) is 5.43 Å². The molecule has 0 aliphatic heterocycles. The summed E-state index contributed by atoms with van der Waals surface area (Å²) in [7, 11) is 1.69. The maximum absolute atomic E-state index is 13.3. The third-order valence-corrected chi connectivity index (χ3v) is 2.96. The number of nitrogens with one attached hydrogen (secondary N) is 1. The van der Waals surface area contributed by atoms with Crippen LogP contribution in [0.3, 0.4) is 0 Å². The summed E-state index contributed by atoms with van der Waals surface area (Å²) >= 11 is 0. The van der Waals surface area contributed by atoms with Crippen molar-refractivity contribution < 1.29 is 4.39 Å². The molecule has 0 amide bonds. The molecule has 1 N–H and O–H groups in total. The summed E-state index contributed by atoms with van der Waals surface area (Å²) in [5.74, 6) is -0.401. The van der Waals surface area contributed by atoms with Crippen molar-refractivity contribution in [1.82, 2.24) is 14.8 Å². The highest BCUT2D eigenvalue weighted by Gasteiger charge is 2.11. The number of fused-ring (bicyclic) bond motifs is 2. The zero-order chi connectivity index (χ0) is 12.2. The Balaban J connectivity index is 2.66. The molecule has 2 heterocycles. The predicted octanol–water partition coefficient (Wildman–Crippen LogP) is 1.86. The summed E-state index contributed by atoms with van der Waals surface area (Å²) in [6.45, 7) is 1.77. The monoisotopic (exact) mass is 231 g/mol. The predicted molar refractivity (Wildman–Crippen MR) is 63.5 cm³/mol. The first-order valence-corrected chi connectivity index (χ1v) is 5.22. The highest BCUT2D eigenvalue weighted by atomic mass is 19.1. The number of hydrogen-bond donors (Lipinski definition) is 1. The Morgan fingerprint density at radius 2 is 2.18 bits per heavy atom. The highest BCUT2D eigenvalue weighted by molar-refractivity contribution is 5.92. The van der Waals surface area contributed by atoms with Crippen molar-refractivity contribution in [2.45, 2.75) is 6.92 Å². The molecule has 0 atom stereocenters. The number of hydrogen-bond acceptors (Lipinski definition) is 2. The number of rotatable bonds is 0. The topological polar surface area (TPSA) is 50.7 Å². The largest absolute Gasteiger partial charge is 0.352 e. The molecular formula is C12H10FN3O. The molecule has 0 saturated carbocycles. The molecule has 0 saturated heterocycles. The standard InChI is InChI=1S/C12H10FN3O/c1-6-3-7(13)4-8-10(6)15-9-5-14-16(2)11(9)12(8)17/h3-5H,1-2H3,(H,15,17). The van der Waals surface area contributed by atoms with Gasteiger partial charge in [-0.3, -0.25) is 9.48 Å². The first kappa shape index (κ1) is 10.0. The lowest BCUT2D eigenvalue weighted by atomic mass is 10.1. The Morgan fingerprint density at radius 1 is 1.41 bits per heavy atom. The molecule has 17 heavy (non-hydrogen) atoms. The van der Waals surface area contributed by atoms with Crippen molar-refractivity contribution in [3.63, 3.8) is 0 Å².